The zero-order valence-corrected chi connectivity index (χ0v) is 11.8. The van der Waals surface area contributed by atoms with Crippen LogP contribution in [0.3, 0.4) is 0 Å². The van der Waals surface area contributed by atoms with Crippen LogP contribution < -0.4 is 0 Å². The van der Waals surface area contributed by atoms with Crippen LogP contribution in [0.4, 0.5) is 0 Å². The fourth-order valence-electron chi connectivity index (χ4n) is 1.41. The summed E-state index contributed by atoms with van der Waals surface area (Å²) in [5.74, 6) is -1.60. The van der Waals surface area contributed by atoms with E-state index in [1.54, 1.807) is 13.8 Å². The molecule has 0 saturated heterocycles. The van der Waals surface area contributed by atoms with E-state index in [0.717, 1.165) is 18.2 Å². The molecule has 0 aliphatic rings. The Morgan fingerprint density at radius 2 is 1.38 bits per heavy atom. The summed E-state index contributed by atoms with van der Waals surface area (Å²) in [5.41, 5.74) is -0.324. The van der Waals surface area contributed by atoms with Gasteiger partial charge in [-0.15, -0.1) is 0 Å². The molecule has 0 saturated carbocycles. The molecular weight excluding hydrogens is 328 g/mol. The molecule has 7 nitrogen and oxygen atoms in total. The molecule has 0 radical (unpaired) electrons. The average Bonchev–Trinajstić information content (AvgIpc) is 2.37. The maximum atomic E-state index is 11.6. The summed E-state index contributed by atoms with van der Waals surface area (Å²) >= 11 is 0. The molecule has 0 unspecified atom stereocenters. The summed E-state index contributed by atoms with van der Waals surface area (Å²) in [5, 5.41) is 0. The van der Waals surface area contributed by atoms with Crippen LogP contribution in [0.15, 0.2) is 23.1 Å². The van der Waals surface area contributed by atoms with Crippen molar-refractivity contribution in [3.63, 3.8) is 0 Å². The number of hydrogen-bond donors (Lipinski definition) is 1. The van der Waals surface area contributed by atoms with Crippen LogP contribution in [0.25, 0.3) is 0 Å². The zero-order chi connectivity index (χ0) is 15.3. The third-order valence-electron chi connectivity index (χ3n) is 2.23. The number of esters is 2. The van der Waals surface area contributed by atoms with E-state index in [9.17, 15) is 18.0 Å². The Morgan fingerprint density at radius 3 is 1.67 bits per heavy atom. The molecule has 0 heterocycles. The van der Waals surface area contributed by atoms with Gasteiger partial charge in [0.1, 0.15) is 0 Å². The minimum atomic E-state index is -4.56. The van der Waals surface area contributed by atoms with Crippen molar-refractivity contribution in [2.75, 3.05) is 13.2 Å². The van der Waals surface area contributed by atoms with E-state index < -0.39 is 27.0 Å². The number of rotatable bonds is 5. The SMILES string of the molecule is CCOC(=O)c1cc(C(=O)OCC)cc(S(=O)(=O)O)c1.[CaH2]. The van der Waals surface area contributed by atoms with E-state index in [0.29, 0.717) is 0 Å². The maximum absolute atomic E-state index is 11.6. The number of benzene rings is 1. The van der Waals surface area contributed by atoms with E-state index in [4.69, 9.17) is 14.0 Å². The summed E-state index contributed by atoms with van der Waals surface area (Å²) in [7, 11) is -4.56. The molecule has 114 valence electrons. The molecule has 0 fully saturated rings. The number of carbonyl (C=O) groups is 2. The van der Waals surface area contributed by atoms with Crippen LogP contribution in [0.2, 0.25) is 0 Å². The second kappa shape index (κ2) is 8.69. The second-order valence-corrected chi connectivity index (χ2v) is 5.08. The minimum absolute atomic E-state index is 0. The molecule has 0 aromatic heterocycles. The van der Waals surface area contributed by atoms with Gasteiger partial charge in [0.25, 0.3) is 10.1 Å². The van der Waals surface area contributed by atoms with Crippen molar-refractivity contribution in [1.29, 1.82) is 0 Å². The van der Waals surface area contributed by atoms with Gasteiger partial charge >= 0.3 is 49.7 Å². The first kappa shape index (κ1) is 20.3. The molecule has 1 aromatic rings. The third-order valence-corrected chi connectivity index (χ3v) is 3.06. The fourth-order valence-corrected chi connectivity index (χ4v) is 1.96. The van der Waals surface area contributed by atoms with Gasteiger partial charge in [-0.05, 0) is 32.0 Å². The topological polar surface area (TPSA) is 107 Å². The molecule has 9 heteroatoms. The summed E-state index contributed by atoms with van der Waals surface area (Å²) in [6, 6.07) is 3.00. The van der Waals surface area contributed by atoms with E-state index in [-0.39, 0.29) is 62.1 Å². The van der Waals surface area contributed by atoms with Gasteiger partial charge in [0, 0.05) is 0 Å². The van der Waals surface area contributed by atoms with Crippen molar-refractivity contribution in [1.82, 2.24) is 0 Å². The summed E-state index contributed by atoms with van der Waals surface area (Å²) < 4.78 is 40.8. The average molecular weight is 344 g/mol. The number of ether oxygens (including phenoxy) is 2. The Hall–Kier alpha value is -0.670. The van der Waals surface area contributed by atoms with Crippen LogP contribution in [0, 0.1) is 0 Å². The Bertz CT molecular complexity index is 588. The van der Waals surface area contributed by atoms with Gasteiger partial charge in [0.15, 0.2) is 0 Å². The predicted octanol–water partition coefficient (Wildman–Crippen LogP) is 0.370. The zero-order valence-electron chi connectivity index (χ0n) is 11.0. The van der Waals surface area contributed by atoms with Gasteiger partial charge in [-0.25, -0.2) is 9.59 Å². The van der Waals surface area contributed by atoms with Gasteiger partial charge in [-0.1, -0.05) is 0 Å². The van der Waals surface area contributed by atoms with Crippen molar-refractivity contribution in [3.8, 4) is 0 Å². The standard InChI is InChI=1S/C12H14O7S.Ca.2H/c1-3-18-11(13)8-5-9(12(14)19-4-2)7-10(6-8)20(15,16)17;;;/h5-7H,3-4H2,1-2H3,(H,15,16,17);;;. The van der Waals surface area contributed by atoms with Crippen molar-refractivity contribution in [3.05, 3.63) is 29.3 Å². The van der Waals surface area contributed by atoms with Crippen molar-refractivity contribution in [2.45, 2.75) is 18.7 Å². The summed E-state index contributed by atoms with van der Waals surface area (Å²) in [6.45, 7) is 3.33. The Labute approximate surface area is 152 Å². The second-order valence-electron chi connectivity index (χ2n) is 3.66. The first-order chi connectivity index (χ1) is 9.29. The van der Waals surface area contributed by atoms with E-state index >= 15 is 0 Å². The van der Waals surface area contributed by atoms with Crippen LogP contribution in [-0.2, 0) is 19.6 Å². The van der Waals surface area contributed by atoms with Crippen LogP contribution in [0.1, 0.15) is 34.6 Å². The van der Waals surface area contributed by atoms with Gasteiger partial charge in [0.05, 0.1) is 29.2 Å². The Kier molecular flexibility index (Phi) is 8.42. The summed E-state index contributed by atoms with van der Waals surface area (Å²) in [6.07, 6.45) is 0. The Morgan fingerprint density at radius 1 is 1.00 bits per heavy atom. The molecule has 0 aliphatic carbocycles. The van der Waals surface area contributed by atoms with Crippen molar-refractivity contribution < 1.29 is 32.0 Å². The van der Waals surface area contributed by atoms with Crippen LogP contribution in [0.5, 0.6) is 0 Å². The number of hydrogen-bond acceptors (Lipinski definition) is 6. The normalized spacial score (nSPS) is 10.4. The van der Waals surface area contributed by atoms with Gasteiger partial charge < -0.3 is 9.47 Å². The molecule has 0 bridgehead atoms. The molecule has 0 amide bonds. The van der Waals surface area contributed by atoms with Gasteiger partial charge in [-0.2, -0.15) is 8.42 Å². The number of carbonyl (C=O) groups excluding carboxylic acids is 2. The van der Waals surface area contributed by atoms with Crippen molar-refractivity contribution >= 4 is 59.8 Å². The van der Waals surface area contributed by atoms with Gasteiger partial charge in [-0.3, -0.25) is 4.55 Å². The van der Waals surface area contributed by atoms with Crippen molar-refractivity contribution in [2.24, 2.45) is 0 Å². The van der Waals surface area contributed by atoms with Crippen LogP contribution >= 0.6 is 0 Å². The molecular formula is C12H16CaO7S. The quantitative estimate of drug-likeness (QED) is 0.467. The molecule has 0 aliphatic heterocycles. The first-order valence-electron chi connectivity index (χ1n) is 5.76. The van der Waals surface area contributed by atoms with Crippen LogP contribution in [-0.4, -0.2) is 75.9 Å². The third kappa shape index (κ3) is 5.91. The Balaban J connectivity index is 0.00000400. The van der Waals surface area contributed by atoms with E-state index in [1.807, 2.05) is 0 Å². The molecule has 21 heavy (non-hydrogen) atoms. The summed E-state index contributed by atoms with van der Waals surface area (Å²) in [4.78, 5) is 22.6. The van der Waals surface area contributed by atoms with Gasteiger partial charge in [0.2, 0.25) is 0 Å². The molecule has 0 spiro atoms. The van der Waals surface area contributed by atoms with E-state index in [2.05, 4.69) is 0 Å². The molecule has 1 aromatic carbocycles. The first-order valence-corrected chi connectivity index (χ1v) is 7.20. The monoisotopic (exact) mass is 344 g/mol. The molecule has 1 rings (SSSR count). The molecule has 0 atom stereocenters. The predicted molar refractivity (Wildman–Crippen MR) is 76.7 cm³/mol. The molecule has 1 N–H and O–H groups in total. The fraction of sp³-hybridized carbons (Fsp3) is 0.333. The van der Waals surface area contributed by atoms with E-state index in [1.165, 1.54) is 0 Å².